The first kappa shape index (κ1) is 14.6. The smallest absolute Gasteiger partial charge is 0.105 e. The summed E-state index contributed by atoms with van der Waals surface area (Å²) in [4.78, 5) is 0. The number of hydrogen-bond donors (Lipinski definition) is 0. The van der Waals surface area contributed by atoms with Gasteiger partial charge in [0.2, 0.25) is 0 Å². The second kappa shape index (κ2) is 5.64. The molecule has 0 saturated carbocycles. The van der Waals surface area contributed by atoms with Gasteiger partial charge in [-0.15, -0.1) is 0 Å². The van der Waals surface area contributed by atoms with Crippen molar-refractivity contribution in [1.29, 1.82) is 0 Å². The minimum absolute atomic E-state index is 0.971. The minimum Gasteiger partial charge on any atom is -0.471 e. The van der Waals surface area contributed by atoms with Gasteiger partial charge in [-0.3, -0.25) is 0 Å². The fourth-order valence-corrected chi connectivity index (χ4v) is 3.91. The standard InChI is InChI=1S/C22H14BrNO/c23-20-14-25-13-19(20)15-10-11-22-18(12-15)17-8-4-5-9-21(17)24(22)16-6-2-1-3-7-16/h1-14H. The van der Waals surface area contributed by atoms with Gasteiger partial charge in [-0.2, -0.15) is 0 Å². The molecular weight excluding hydrogens is 374 g/mol. The topological polar surface area (TPSA) is 18.1 Å². The van der Waals surface area contributed by atoms with E-state index in [1.807, 2.05) is 6.07 Å². The van der Waals surface area contributed by atoms with Crippen molar-refractivity contribution < 1.29 is 4.42 Å². The Hall–Kier alpha value is -2.78. The molecule has 3 heteroatoms. The van der Waals surface area contributed by atoms with E-state index in [1.165, 1.54) is 27.5 Å². The molecule has 0 spiro atoms. The van der Waals surface area contributed by atoms with Crippen molar-refractivity contribution in [2.24, 2.45) is 0 Å². The van der Waals surface area contributed by atoms with E-state index in [2.05, 4.69) is 87.2 Å². The second-order valence-corrected chi connectivity index (χ2v) is 6.91. The molecule has 3 aromatic carbocycles. The fourth-order valence-electron chi connectivity index (χ4n) is 3.48. The molecule has 5 aromatic rings. The van der Waals surface area contributed by atoms with Gasteiger partial charge in [-0.05, 0) is 51.8 Å². The Kier molecular flexibility index (Phi) is 3.28. The Labute approximate surface area is 153 Å². The maximum absolute atomic E-state index is 5.32. The highest BCUT2D eigenvalue weighted by Crippen LogP contribution is 2.36. The molecule has 0 radical (unpaired) electrons. The molecule has 0 unspecified atom stereocenters. The number of nitrogens with zero attached hydrogens (tertiary/aromatic N) is 1. The number of hydrogen-bond acceptors (Lipinski definition) is 1. The molecule has 0 aliphatic rings. The van der Waals surface area contributed by atoms with Gasteiger partial charge in [0.05, 0.1) is 21.8 Å². The Morgan fingerprint density at radius 3 is 2.28 bits per heavy atom. The Balaban J connectivity index is 1.87. The van der Waals surface area contributed by atoms with Gasteiger partial charge in [0.25, 0.3) is 0 Å². The van der Waals surface area contributed by atoms with Crippen LogP contribution in [0.3, 0.4) is 0 Å². The van der Waals surface area contributed by atoms with Gasteiger partial charge in [0, 0.05) is 22.0 Å². The molecule has 0 saturated heterocycles. The second-order valence-electron chi connectivity index (χ2n) is 6.05. The summed E-state index contributed by atoms with van der Waals surface area (Å²) < 4.78 is 8.61. The molecule has 0 atom stereocenters. The lowest BCUT2D eigenvalue weighted by Gasteiger charge is -2.07. The molecule has 2 heterocycles. The summed E-state index contributed by atoms with van der Waals surface area (Å²) in [6.07, 6.45) is 3.49. The van der Waals surface area contributed by atoms with Crippen LogP contribution in [0.1, 0.15) is 0 Å². The first-order valence-electron chi connectivity index (χ1n) is 8.13. The average Bonchev–Trinajstić information content (AvgIpc) is 3.23. The fraction of sp³-hybridized carbons (Fsp3) is 0. The number of halogens is 1. The zero-order valence-corrected chi connectivity index (χ0v) is 14.9. The molecule has 120 valence electrons. The van der Waals surface area contributed by atoms with Crippen LogP contribution in [-0.2, 0) is 0 Å². The number of para-hydroxylation sites is 2. The third-order valence-electron chi connectivity index (χ3n) is 4.61. The lowest BCUT2D eigenvalue weighted by atomic mass is 10.1. The summed E-state index contributed by atoms with van der Waals surface area (Å²) in [6, 6.07) is 25.6. The lowest BCUT2D eigenvalue weighted by Crippen LogP contribution is -1.92. The van der Waals surface area contributed by atoms with Crippen LogP contribution in [0, 0.1) is 0 Å². The van der Waals surface area contributed by atoms with Crippen LogP contribution in [0.5, 0.6) is 0 Å². The summed E-state index contributed by atoms with van der Waals surface area (Å²) >= 11 is 3.56. The molecule has 0 amide bonds. The highest BCUT2D eigenvalue weighted by Gasteiger charge is 2.14. The summed E-state index contributed by atoms with van der Waals surface area (Å²) in [6.45, 7) is 0. The van der Waals surface area contributed by atoms with Crippen LogP contribution < -0.4 is 0 Å². The van der Waals surface area contributed by atoms with E-state index in [1.54, 1.807) is 12.5 Å². The SMILES string of the molecule is Brc1cocc1-c1ccc2c(c1)c1ccccc1n2-c1ccccc1. The number of rotatable bonds is 2. The van der Waals surface area contributed by atoms with Gasteiger partial charge in [-0.25, -0.2) is 0 Å². The first-order chi connectivity index (χ1) is 12.3. The van der Waals surface area contributed by atoms with Crippen molar-refractivity contribution in [2.45, 2.75) is 0 Å². The minimum atomic E-state index is 0.971. The summed E-state index contributed by atoms with van der Waals surface area (Å²) in [5, 5.41) is 2.49. The van der Waals surface area contributed by atoms with Crippen LogP contribution in [-0.4, -0.2) is 4.57 Å². The van der Waals surface area contributed by atoms with Crippen LogP contribution >= 0.6 is 15.9 Å². The van der Waals surface area contributed by atoms with E-state index >= 15 is 0 Å². The highest BCUT2D eigenvalue weighted by molar-refractivity contribution is 9.10. The molecule has 25 heavy (non-hydrogen) atoms. The van der Waals surface area contributed by atoms with Crippen LogP contribution in [0.4, 0.5) is 0 Å². The lowest BCUT2D eigenvalue weighted by molar-refractivity contribution is 0.566. The van der Waals surface area contributed by atoms with Crippen LogP contribution in [0.25, 0.3) is 38.6 Å². The number of furan rings is 1. The maximum atomic E-state index is 5.32. The third kappa shape index (κ3) is 2.24. The quantitative estimate of drug-likeness (QED) is 0.325. The van der Waals surface area contributed by atoms with Gasteiger partial charge in [0.15, 0.2) is 0 Å². The molecule has 0 bridgehead atoms. The van der Waals surface area contributed by atoms with E-state index in [0.29, 0.717) is 0 Å². The summed E-state index contributed by atoms with van der Waals surface area (Å²) in [5.41, 5.74) is 5.80. The van der Waals surface area contributed by atoms with Crippen LogP contribution in [0.2, 0.25) is 0 Å². The largest absolute Gasteiger partial charge is 0.471 e. The van der Waals surface area contributed by atoms with Gasteiger partial charge >= 0.3 is 0 Å². The van der Waals surface area contributed by atoms with Crippen molar-refractivity contribution in [2.75, 3.05) is 0 Å². The van der Waals surface area contributed by atoms with Crippen molar-refractivity contribution in [3.8, 4) is 16.8 Å². The molecular formula is C22H14BrNO. The summed E-state index contributed by atoms with van der Waals surface area (Å²) in [7, 11) is 0. The molecule has 5 rings (SSSR count). The van der Waals surface area contributed by atoms with Crippen LogP contribution in [0.15, 0.2) is 94.2 Å². The zero-order chi connectivity index (χ0) is 16.8. The average molecular weight is 388 g/mol. The van der Waals surface area contributed by atoms with E-state index in [0.717, 1.165) is 15.6 Å². The van der Waals surface area contributed by atoms with E-state index in [9.17, 15) is 0 Å². The Bertz CT molecular complexity index is 1200. The van der Waals surface area contributed by atoms with E-state index < -0.39 is 0 Å². The molecule has 0 aliphatic carbocycles. The maximum Gasteiger partial charge on any atom is 0.105 e. The number of fused-ring (bicyclic) bond motifs is 3. The molecule has 2 aromatic heterocycles. The number of benzene rings is 3. The van der Waals surface area contributed by atoms with Crippen molar-refractivity contribution >= 4 is 37.7 Å². The van der Waals surface area contributed by atoms with Crippen molar-refractivity contribution in [3.05, 3.63) is 89.8 Å². The van der Waals surface area contributed by atoms with Crippen molar-refractivity contribution in [3.63, 3.8) is 0 Å². The zero-order valence-electron chi connectivity index (χ0n) is 13.3. The van der Waals surface area contributed by atoms with E-state index in [4.69, 9.17) is 4.42 Å². The third-order valence-corrected chi connectivity index (χ3v) is 5.23. The van der Waals surface area contributed by atoms with Gasteiger partial charge in [-0.1, -0.05) is 42.5 Å². The molecule has 0 N–H and O–H groups in total. The molecule has 2 nitrogen and oxygen atoms in total. The van der Waals surface area contributed by atoms with Gasteiger partial charge in [0.1, 0.15) is 6.26 Å². The van der Waals surface area contributed by atoms with E-state index in [-0.39, 0.29) is 0 Å². The monoisotopic (exact) mass is 387 g/mol. The predicted octanol–water partition coefficient (Wildman–Crippen LogP) is 6.81. The highest BCUT2D eigenvalue weighted by atomic mass is 79.9. The molecule has 0 aliphatic heterocycles. The predicted molar refractivity (Wildman–Crippen MR) is 106 cm³/mol. The normalized spacial score (nSPS) is 11.4. The Morgan fingerprint density at radius 2 is 1.48 bits per heavy atom. The Morgan fingerprint density at radius 1 is 0.720 bits per heavy atom. The van der Waals surface area contributed by atoms with Gasteiger partial charge < -0.3 is 8.98 Å². The summed E-state index contributed by atoms with van der Waals surface area (Å²) in [5.74, 6) is 0. The van der Waals surface area contributed by atoms with Crippen molar-refractivity contribution in [1.82, 2.24) is 4.57 Å². The molecule has 0 fully saturated rings. The number of aromatic nitrogens is 1. The first-order valence-corrected chi connectivity index (χ1v) is 8.93.